The first-order chi connectivity index (χ1) is 8.44. The largest absolute Gasteiger partial charge is 0.391 e. The quantitative estimate of drug-likeness (QED) is 0.871. The molecule has 0 amide bonds. The summed E-state index contributed by atoms with van der Waals surface area (Å²) < 4.78 is 27.3. The molecule has 1 aliphatic carbocycles. The monoisotopic (exact) mass is 289 g/mol. The van der Waals surface area contributed by atoms with Crippen molar-refractivity contribution in [3.8, 4) is 0 Å². The second kappa shape index (κ2) is 5.28. The number of thiophene rings is 1. The van der Waals surface area contributed by atoms with Crippen LogP contribution in [0.15, 0.2) is 11.0 Å². The Hall–Kier alpha value is -0.430. The highest BCUT2D eigenvalue weighted by atomic mass is 32.2. The molecule has 1 aromatic rings. The maximum Gasteiger partial charge on any atom is 0.241 e. The van der Waals surface area contributed by atoms with E-state index in [2.05, 4.69) is 4.72 Å². The van der Waals surface area contributed by atoms with Crippen LogP contribution in [0.5, 0.6) is 0 Å². The van der Waals surface area contributed by atoms with Crippen LogP contribution in [0.1, 0.15) is 35.9 Å². The van der Waals surface area contributed by atoms with E-state index >= 15 is 0 Å². The normalized spacial score (nSPS) is 18.6. The number of aryl methyl sites for hydroxylation is 1. The van der Waals surface area contributed by atoms with Crippen LogP contribution in [0.2, 0.25) is 0 Å². The van der Waals surface area contributed by atoms with E-state index in [-0.39, 0.29) is 12.6 Å². The molecular formula is C12H19NO3S2. The molecule has 102 valence electrons. The van der Waals surface area contributed by atoms with E-state index in [9.17, 15) is 8.42 Å². The predicted octanol–water partition coefficient (Wildman–Crippen LogP) is 2.02. The summed E-state index contributed by atoms with van der Waals surface area (Å²) >= 11 is 1.33. The average molecular weight is 289 g/mol. The summed E-state index contributed by atoms with van der Waals surface area (Å²) in [6.45, 7) is 3.58. The van der Waals surface area contributed by atoms with Crippen molar-refractivity contribution in [1.82, 2.24) is 4.72 Å². The Balaban J connectivity index is 2.16. The van der Waals surface area contributed by atoms with Gasteiger partial charge in [-0.3, -0.25) is 0 Å². The molecule has 1 saturated carbocycles. The van der Waals surface area contributed by atoms with Crippen molar-refractivity contribution < 1.29 is 13.5 Å². The van der Waals surface area contributed by atoms with E-state index in [4.69, 9.17) is 5.11 Å². The molecule has 18 heavy (non-hydrogen) atoms. The van der Waals surface area contributed by atoms with Crippen molar-refractivity contribution in [3.63, 3.8) is 0 Å². The van der Waals surface area contributed by atoms with Gasteiger partial charge in [-0.2, -0.15) is 0 Å². The average Bonchev–Trinajstić information content (AvgIpc) is 2.56. The first-order valence-electron chi connectivity index (χ1n) is 6.16. The maximum atomic E-state index is 12.3. The second-order valence-corrected chi connectivity index (χ2v) is 7.92. The summed E-state index contributed by atoms with van der Waals surface area (Å²) in [4.78, 5) is 1.72. The Kier molecular flexibility index (Phi) is 4.11. The Morgan fingerprint density at radius 2 is 2.22 bits per heavy atom. The number of aliphatic hydroxyl groups is 1. The summed E-state index contributed by atoms with van der Waals surface area (Å²) in [7, 11) is -3.45. The minimum atomic E-state index is -3.45. The fourth-order valence-electron chi connectivity index (χ4n) is 2.21. The highest BCUT2D eigenvalue weighted by Gasteiger charge is 2.29. The smallest absolute Gasteiger partial charge is 0.241 e. The van der Waals surface area contributed by atoms with Crippen LogP contribution in [-0.2, 0) is 16.6 Å². The van der Waals surface area contributed by atoms with Gasteiger partial charge in [-0.1, -0.05) is 6.42 Å². The second-order valence-electron chi connectivity index (χ2n) is 4.89. The minimum Gasteiger partial charge on any atom is -0.391 e. The summed E-state index contributed by atoms with van der Waals surface area (Å²) in [5.74, 6) is 0.469. The van der Waals surface area contributed by atoms with Crippen molar-refractivity contribution in [1.29, 1.82) is 0 Å². The molecule has 0 aromatic carbocycles. The molecule has 0 radical (unpaired) electrons. The Labute approximate surface area is 112 Å². The van der Waals surface area contributed by atoms with Crippen LogP contribution in [-0.4, -0.2) is 19.6 Å². The van der Waals surface area contributed by atoms with Crippen LogP contribution < -0.4 is 4.72 Å². The third kappa shape index (κ3) is 2.77. The fraction of sp³-hybridized carbons (Fsp3) is 0.667. The third-order valence-corrected chi connectivity index (χ3v) is 6.42. The number of hydrogen-bond donors (Lipinski definition) is 2. The SMILES string of the molecule is Cc1sc(CO)cc1S(=O)(=O)NC(C)C1CCC1. The van der Waals surface area contributed by atoms with E-state index < -0.39 is 10.0 Å². The Bertz CT molecular complexity index is 517. The van der Waals surface area contributed by atoms with E-state index in [1.165, 1.54) is 17.8 Å². The highest BCUT2D eigenvalue weighted by Crippen LogP contribution is 2.31. The molecule has 1 unspecified atom stereocenters. The lowest BCUT2D eigenvalue weighted by molar-refractivity contribution is 0.260. The lowest BCUT2D eigenvalue weighted by Gasteiger charge is -2.31. The van der Waals surface area contributed by atoms with Crippen LogP contribution in [0.25, 0.3) is 0 Å². The molecule has 2 rings (SSSR count). The van der Waals surface area contributed by atoms with Crippen LogP contribution in [0.4, 0.5) is 0 Å². The van der Waals surface area contributed by atoms with Crippen molar-refractivity contribution in [2.24, 2.45) is 5.92 Å². The molecule has 6 heteroatoms. The standard InChI is InChI=1S/C12H19NO3S2/c1-8(10-4-3-5-10)13-18(15,16)12-6-11(7-14)17-9(12)2/h6,8,10,13-14H,3-5,7H2,1-2H3. The molecule has 0 bridgehead atoms. The van der Waals surface area contributed by atoms with E-state index in [1.54, 1.807) is 13.0 Å². The van der Waals surface area contributed by atoms with Crippen molar-refractivity contribution >= 4 is 21.4 Å². The van der Waals surface area contributed by atoms with Crippen LogP contribution in [0, 0.1) is 12.8 Å². The zero-order valence-corrected chi connectivity index (χ0v) is 12.3. The van der Waals surface area contributed by atoms with Gasteiger partial charge >= 0.3 is 0 Å². The fourth-order valence-corrected chi connectivity index (χ4v) is 5.02. The zero-order valence-electron chi connectivity index (χ0n) is 10.6. The lowest BCUT2D eigenvalue weighted by atomic mass is 9.81. The number of sulfonamides is 1. The molecule has 4 nitrogen and oxygen atoms in total. The molecule has 1 aliphatic rings. The van der Waals surface area contributed by atoms with Gasteiger partial charge in [-0.05, 0) is 38.7 Å². The van der Waals surface area contributed by atoms with Gasteiger partial charge in [0, 0.05) is 15.8 Å². The lowest BCUT2D eigenvalue weighted by Crippen LogP contribution is -2.40. The number of rotatable bonds is 5. The van der Waals surface area contributed by atoms with Gasteiger partial charge in [-0.25, -0.2) is 13.1 Å². The number of aliphatic hydroxyl groups excluding tert-OH is 1. The third-order valence-electron chi connectivity index (χ3n) is 3.57. The van der Waals surface area contributed by atoms with Gasteiger partial charge in [0.1, 0.15) is 0 Å². The number of hydrogen-bond acceptors (Lipinski definition) is 4. The number of nitrogens with one attached hydrogen (secondary N) is 1. The molecule has 2 N–H and O–H groups in total. The molecular weight excluding hydrogens is 270 g/mol. The molecule has 0 saturated heterocycles. The Morgan fingerprint density at radius 1 is 1.56 bits per heavy atom. The topological polar surface area (TPSA) is 66.4 Å². The molecule has 0 aliphatic heterocycles. The van der Waals surface area contributed by atoms with Gasteiger partial charge < -0.3 is 5.11 Å². The van der Waals surface area contributed by atoms with E-state index in [1.807, 2.05) is 6.92 Å². The zero-order chi connectivity index (χ0) is 13.3. The van der Waals surface area contributed by atoms with E-state index in [0.717, 1.165) is 17.7 Å². The van der Waals surface area contributed by atoms with Crippen LogP contribution >= 0.6 is 11.3 Å². The van der Waals surface area contributed by atoms with Gasteiger partial charge in [0.2, 0.25) is 10.0 Å². The summed E-state index contributed by atoms with van der Waals surface area (Å²) in [6, 6.07) is 1.55. The molecule has 1 atom stereocenters. The maximum absolute atomic E-state index is 12.3. The van der Waals surface area contributed by atoms with Crippen molar-refractivity contribution in [2.75, 3.05) is 0 Å². The Morgan fingerprint density at radius 3 is 2.67 bits per heavy atom. The summed E-state index contributed by atoms with van der Waals surface area (Å²) in [5, 5.41) is 9.05. The van der Waals surface area contributed by atoms with Gasteiger partial charge in [0.25, 0.3) is 0 Å². The van der Waals surface area contributed by atoms with Crippen LogP contribution in [0.3, 0.4) is 0 Å². The van der Waals surface area contributed by atoms with Crippen molar-refractivity contribution in [2.45, 2.75) is 50.7 Å². The molecule has 1 aromatic heterocycles. The predicted molar refractivity (Wildman–Crippen MR) is 72.1 cm³/mol. The first kappa shape index (κ1) is 14.0. The molecule has 1 heterocycles. The summed E-state index contributed by atoms with van der Waals surface area (Å²) in [6.07, 6.45) is 3.41. The van der Waals surface area contributed by atoms with E-state index in [0.29, 0.717) is 15.7 Å². The highest BCUT2D eigenvalue weighted by molar-refractivity contribution is 7.89. The minimum absolute atomic E-state index is 0.0133. The molecule has 0 spiro atoms. The molecule has 1 fully saturated rings. The van der Waals surface area contributed by atoms with Gasteiger partial charge in [-0.15, -0.1) is 11.3 Å². The van der Waals surface area contributed by atoms with Gasteiger partial charge in [0.15, 0.2) is 0 Å². The van der Waals surface area contributed by atoms with Crippen molar-refractivity contribution in [3.05, 3.63) is 15.8 Å². The van der Waals surface area contributed by atoms with Gasteiger partial charge in [0.05, 0.1) is 11.5 Å². The summed E-state index contributed by atoms with van der Waals surface area (Å²) in [5.41, 5.74) is 0. The first-order valence-corrected chi connectivity index (χ1v) is 8.46.